The molecule has 100 valence electrons. The van der Waals surface area contributed by atoms with Gasteiger partial charge in [0.25, 0.3) is 0 Å². The maximum Gasteiger partial charge on any atom is 0.140 e. The number of nitrogens with zero attached hydrogens (tertiary/aromatic N) is 1. The molecule has 4 nitrogen and oxygen atoms in total. The largest absolute Gasteiger partial charge is 0.409 e. The number of nitrogens with one attached hydrogen (secondary N) is 1. The molecule has 1 saturated carbocycles. The molecule has 0 amide bonds. The lowest BCUT2D eigenvalue weighted by molar-refractivity contribution is 0.214. The molecule has 0 heterocycles. The van der Waals surface area contributed by atoms with E-state index >= 15 is 0 Å². The molecule has 4 unspecified atom stereocenters. The highest BCUT2D eigenvalue weighted by Crippen LogP contribution is 2.29. The molecule has 17 heavy (non-hydrogen) atoms. The van der Waals surface area contributed by atoms with E-state index in [1.807, 2.05) is 0 Å². The van der Waals surface area contributed by atoms with E-state index in [-0.39, 0.29) is 0 Å². The van der Waals surface area contributed by atoms with Crippen molar-refractivity contribution in [2.75, 3.05) is 0 Å². The number of oxime groups is 1. The Labute approximate surface area is 105 Å². The topological polar surface area (TPSA) is 70.6 Å². The van der Waals surface area contributed by atoms with Gasteiger partial charge in [-0.05, 0) is 37.5 Å². The van der Waals surface area contributed by atoms with Crippen LogP contribution in [0.1, 0.15) is 52.9 Å². The van der Waals surface area contributed by atoms with Crippen molar-refractivity contribution in [1.29, 1.82) is 0 Å². The van der Waals surface area contributed by atoms with Crippen molar-refractivity contribution in [2.24, 2.45) is 22.7 Å². The third-order valence-electron chi connectivity index (χ3n) is 4.15. The fourth-order valence-corrected chi connectivity index (χ4v) is 2.65. The highest BCUT2D eigenvalue weighted by Gasteiger charge is 2.25. The van der Waals surface area contributed by atoms with Gasteiger partial charge in [-0.15, -0.1) is 0 Å². The number of amidine groups is 1. The molecule has 1 aliphatic carbocycles. The van der Waals surface area contributed by atoms with Crippen molar-refractivity contribution in [3.05, 3.63) is 0 Å². The zero-order valence-corrected chi connectivity index (χ0v) is 11.3. The van der Waals surface area contributed by atoms with E-state index in [0.717, 1.165) is 18.3 Å². The number of hydrogen-bond donors (Lipinski definition) is 3. The summed E-state index contributed by atoms with van der Waals surface area (Å²) in [6, 6.07) is 0.925. The Kier molecular flexibility index (Phi) is 5.75. The maximum atomic E-state index is 8.60. The smallest absolute Gasteiger partial charge is 0.140 e. The van der Waals surface area contributed by atoms with Crippen LogP contribution in [0.25, 0.3) is 0 Å². The van der Waals surface area contributed by atoms with Crippen LogP contribution in [-0.2, 0) is 0 Å². The minimum atomic E-state index is 0.321. The van der Waals surface area contributed by atoms with Crippen LogP contribution in [0.2, 0.25) is 0 Å². The second-order valence-corrected chi connectivity index (χ2v) is 5.53. The Morgan fingerprint density at radius 3 is 2.65 bits per heavy atom. The van der Waals surface area contributed by atoms with Crippen molar-refractivity contribution >= 4 is 5.84 Å². The van der Waals surface area contributed by atoms with Crippen LogP contribution < -0.4 is 11.1 Å². The van der Waals surface area contributed by atoms with Crippen LogP contribution in [0.4, 0.5) is 0 Å². The molecule has 0 bridgehead atoms. The van der Waals surface area contributed by atoms with Gasteiger partial charge in [0.1, 0.15) is 5.84 Å². The van der Waals surface area contributed by atoms with Gasteiger partial charge in [0.15, 0.2) is 0 Å². The summed E-state index contributed by atoms with van der Waals surface area (Å²) in [5.74, 6) is 1.96. The third kappa shape index (κ3) is 4.54. The zero-order valence-electron chi connectivity index (χ0n) is 11.3. The molecule has 0 aliphatic heterocycles. The van der Waals surface area contributed by atoms with Crippen molar-refractivity contribution < 1.29 is 5.21 Å². The summed E-state index contributed by atoms with van der Waals surface area (Å²) in [6.07, 6.45) is 5.44. The average Bonchev–Trinajstić information content (AvgIpc) is 2.32. The summed E-state index contributed by atoms with van der Waals surface area (Å²) < 4.78 is 0. The molecule has 0 spiro atoms. The standard InChI is InChI=1S/C13H27N3O/c1-4-11(8-13(14)16-17)15-12-6-5-9(2)10(3)7-12/h9-12,15,17H,4-8H2,1-3H3,(H2,14,16). The fourth-order valence-electron chi connectivity index (χ4n) is 2.65. The fraction of sp³-hybridized carbons (Fsp3) is 0.923. The molecule has 1 aliphatic rings. The van der Waals surface area contributed by atoms with E-state index in [2.05, 4.69) is 31.2 Å². The summed E-state index contributed by atoms with van der Waals surface area (Å²) in [7, 11) is 0. The first-order valence-electron chi connectivity index (χ1n) is 6.79. The predicted octanol–water partition coefficient (Wildman–Crippen LogP) is 2.32. The van der Waals surface area contributed by atoms with E-state index in [9.17, 15) is 0 Å². The van der Waals surface area contributed by atoms with E-state index < -0.39 is 0 Å². The second kappa shape index (κ2) is 6.84. The van der Waals surface area contributed by atoms with Crippen LogP contribution in [-0.4, -0.2) is 23.1 Å². The Morgan fingerprint density at radius 1 is 1.41 bits per heavy atom. The van der Waals surface area contributed by atoms with Crippen molar-refractivity contribution in [3.63, 3.8) is 0 Å². The molecule has 0 radical (unpaired) electrons. The van der Waals surface area contributed by atoms with Gasteiger partial charge in [0, 0.05) is 18.5 Å². The normalized spacial score (nSPS) is 32.4. The van der Waals surface area contributed by atoms with Crippen molar-refractivity contribution in [1.82, 2.24) is 5.32 Å². The molecule has 1 rings (SSSR count). The highest BCUT2D eigenvalue weighted by molar-refractivity contribution is 5.80. The monoisotopic (exact) mass is 241 g/mol. The van der Waals surface area contributed by atoms with Gasteiger partial charge in [-0.3, -0.25) is 0 Å². The molecule has 0 aromatic rings. The second-order valence-electron chi connectivity index (χ2n) is 5.53. The molecule has 4 N–H and O–H groups in total. The van der Waals surface area contributed by atoms with E-state index in [1.165, 1.54) is 19.3 Å². The molecule has 0 saturated heterocycles. The van der Waals surface area contributed by atoms with Crippen LogP contribution in [0.15, 0.2) is 5.16 Å². The van der Waals surface area contributed by atoms with Crippen LogP contribution >= 0.6 is 0 Å². The molecule has 1 fully saturated rings. The highest BCUT2D eigenvalue weighted by atomic mass is 16.4. The molecule has 0 aromatic carbocycles. The van der Waals surface area contributed by atoms with Crippen LogP contribution in [0.3, 0.4) is 0 Å². The van der Waals surface area contributed by atoms with E-state index in [1.54, 1.807) is 0 Å². The lowest BCUT2D eigenvalue weighted by Gasteiger charge is -2.34. The Bertz CT molecular complexity index is 255. The molecular weight excluding hydrogens is 214 g/mol. The van der Waals surface area contributed by atoms with Gasteiger partial charge in [-0.2, -0.15) is 0 Å². The average molecular weight is 241 g/mol. The number of nitrogens with two attached hydrogens (primary N) is 1. The molecule has 4 heteroatoms. The van der Waals surface area contributed by atoms with Gasteiger partial charge in [0.2, 0.25) is 0 Å². The van der Waals surface area contributed by atoms with Crippen molar-refractivity contribution in [3.8, 4) is 0 Å². The quantitative estimate of drug-likeness (QED) is 0.299. The van der Waals surface area contributed by atoms with Crippen LogP contribution in [0, 0.1) is 11.8 Å². The van der Waals surface area contributed by atoms with E-state index in [4.69, 9.17) is 10.9 Å². The lowest BCUT2D eigenvalue weighted by Crippen LogP contribution is -2.43. The summed E-state index contributed by atoms with van der Waals surface area (Å²) in [4.78, 5) is 0. The van der Waals surface area contributed by atoms with Gasteiger partial charge < -0.3 is 16.3 Å². The summed E-state index contributed by atoms with van der Waals surface area (Å²) in [5, 5.41) is 15.3. The minimum absolute atomic E-state index is 0.321. The van der Waals surface area contributed by atoms with Gasteiger partial charge in [0.05, 0.1) is 0 Å². The van der Waals surface area contributed by atoms with Crippen LogP contribution in [0.5, 0.6) is 0 Å². The van der Waals surface area contributed by atoms with Gasteiger partial charge in [-0.1, -0.05) is 25.9 Å². The first-order valence-corrected chi connectivity index (χ1v) is 6.79. The zero-order chi connectivity index (χ0) is 12.8. The molecule has 4 atom stereocenters. The summed E-state index contributed by atoms with van der Waals surface area (Å²) in [6.45, 7) is 6.81. The van der Waals surface area contributed by atoms with Gasteiger partial charge >= 0.3 is 0 Å². The number of rotatable bonds is 5. The van der Waals surface area contributed by atoms with E-state index in [0.29, 0.717) is 24.3 Å². The SMILES string of the molecule is CCC(CC(N)=NO)NC1CCC(C)C(C)C1. The predicted molar refractivity (Wildman–Crippen MR) is 71.2 cm³/mol. The Hall–Kier alpha value is -0.770. The number of hydrogen-bond acceptors (Lipinski definition) is 3. The first kappa shape index (κ1) is 14.3. The van der Waals surface area contributed by atoms with Gasteiger partial charge in [-0.25, -0.2) is 0 Å². The maximum absolute atomic E-state index is 8.60. The molecular formula is C13H27N3O. The Balaban J connectivity index is 2.40. The van der Waals surface area contributed by atoms with Crippen molar-refractivity contribution in [2.45, 2.75) is 65.0 Å². The summed E-state index contributed by atoms with van der Waals surface area (Å²) in [5.41, 5.74) is 5.56. The minimum Gasteiger partial charge on any atom is -0.409 e. The first-order chi connectivity index (χ1) is 8.06. The third-order valence-corrected chi connectivity index (χ3v) is 4.15. The molecule has 0 aromatic heterocycles. The Morgan fingerprint density at radius 2 is 2.12 bits per heavy atom. The summed E-state index contributed by atoms with van der Waals surface area (Å²) >= 11 is 0. The lowest BCUT2D eigenvalue weighted by atomic mass is 9.79.